The molecule has 0 saturated carbocycles. The SMILES string of the molecule is COc1ccc2c(c1)OCC2N(C)O. The minimum Gasteiger partial charge on any atom is -0.497 e. The number of ether oxygens (including phenoxy) is 2. The van der Waals surface area contributed by atoms with Gasteiger partial charge in [0.05, 0.1) is 13.2 Å². The fraction of sp³-hybridized carbons (Fsp3) is 0.400. The highest BCUT2D eigenvalue weighted by molar-refractivity contribution is 5.44. The normalized spacial score (nSPS) is 19.3. The van der Waals surface area contributed by atoms with Crippen molar-refractivity contribution in [2.24, 2.45) is 0 Å². The number of hydrogen-bond acceptors (Lipinski definition) is 4. The summed E-state index contributed by atoms with van der Waals surface area (Å²) in [5, 5.41) is 10.5. The minimum atomic E-state index is -0.0732. The molecule has 2 rings (SSSR count). The molecule has 1 heterocycles. The molecule has 0 fully saturated rings. The molecule has 0 amide bonds. The molecule has 4 nitrogen and oxygen atoms in total. The molecule has 1 N–H and O–H groups in total. The first kappa shape index (κ1) is 9.30. The smallest absolute Gasteiger partial charge is 0.128 e. The largest absolute Gasteiger partial charge is 0.497 e. The van der Waals surface area contributed by atoms with Crippen molar-refractivity contribution in [1.29, 1.82) is 0 Å². The van der Waals surface area contributed by atoms with E-state index in [4.69, 9.17) is 9.47 Å². The van der Waals surface area contributed by atoms with Gasteiger partial charge < -0.3 is 14.7 Å². The van der Waals surface area contributed by atoms with E-state index in [-0.39, 0.29) is 6.04 Å². The standard InChI is InChI=1S/C10H13NO3/c1-11(12)9-6-14-10-5-7(13-2)3-4-8(9)10/h3-5,9,12H,6H2,1-2H3. The fourth-order valence-corrected chi connectivity index (χ4v) is 1.61. The van der Waals surface area contributed by atoms with Gasteiger partial charge in [0.25, 0.3) is 0 Å². The highest BCUT2D eigenvalue weighted by atomic mass is 16.5. The summed E-state index contributed by atoms with van der Waals surface area (Å²) in [4.78, 5) is 0. The van der Waals surface area contributed by atoms with Crippen molar-refractivity contribution in [2.45, 2.75) is 6.04 Å². The molecule has 0 aromatic heterocycles. The van der Waals surface area contributed by atoms with E-state index in [0.717, 1.165) is 22.1 Å². The number of hydrogen-bond donors (Lipinski definition) is 1. The predicted molar refractivity (Wildman–Crippen MR) is 50.8 cm³/mol. The Morgan fingerprint density at radius 1 is 1.57 bits per heavy atom. The number of nitrogens with zero attached hydrogens (tertiary/aromatic N) is 1. The van der Waals surface area contributed by atoms with E-state index in [0.29, 0.717) is 6.61 Å². The lowest BCUT2D eigenvalue weighted by Crippen LogP contribution is -2.21. The monoisotopic (exact) mass is 195 g/mol. The zero-order valence-corrected chi connectivity index (χ0v) is 8.23. The van der Waals surface area contributed by atoms with Gasteiger partial charge in [0.15, 0.2) is 0 Å². The quantitative estimate of drug-likeness (QED) is 0.725. The van der Waals surface area contributed by atoms with Crippen LogP contribution in [0.3, 0.4) is 0 Å². The molecule has 0 radical (unpaired) electrons. The lowest BCUT2D eigenvalue weighted by atomic mass is 10.1. The van der Waals surface area contributed by atoms with Crippen molar-refractivity contribution in [1.82, 2.24) is 5.06 Å². The summed E-state index contributed by atoms with van der Waals surface area (Å²) >= 11 is 0. The van der Waals surface area contributed by atoms with E-state index in [2.05, 4.69) is 0 Å². The molecule has 1 aliphatic rings. The first-order valence-electron chi connectivity index (χ1n) is 4.45. The molecular weight excluding hydrogens is 182 g/mol. The zero-order valence-electron chi connectivity index (χ0n) is 8.23. The van der Waals surface area contributed by atoms with Crippen LogP contribution in [0.4, 0.5) is 0 Å². The molecule has 14 heavy (non-hydrogen) atoms. The van der Waals surface area contributed by atoms with Crippen LogP contribution in [0.2, 0.25) is 0 Å². The average molecular weight is 195 g/mol. The average Bonchev–Trinajstić information content (AvgIpc) is 2.59. The lowest BCUT2D eigenvalue weighted by molar-refractivity contribution is -0.107. The lowest BCUT2D eigenvalue weighted by Gasteiger charge is -2.15. The van der Waals surface area contributed by atoms with Gasteiger partial charge in [0.1, 0.15) is 18.1 Å². The van der Waals surface area contributed by atoms with E-state index in [1.807, 2.05) is 18.2 Å². The van der Waals surface area contributed by atoms with Gasteiger partial charge in [0, 0.05) is 18.7 Å². The molecule has 0 spiro atoms. The van der Waals surface area contributed by atoms with Gasteiger partial charge in [-0.15, -0.1) is 0 Å². The molecule has 1 aromatic rings. The van der Waals surface area contributed by atoms with Crippen LogP contribution in [0, 0.1) is 0 Å². The molecule has 76 valence electrons. The molecule has 4 heteroatoms. The first-order chi connectivity index (χ1) is 6.72. The second kappa shape index (κ2) is 3.48. The van der Waals surface area contributed by atoms with Crippen molar-refractivity contribution in [3.05, 3.63) is 23.8 Å². The van der Waals surface area contributed by atoms with Gasteiger partial charge in [-0.25, -0.2) is 0 Å². The molecule has 1 aliphatic heterocycles. The summed E-state index contributed by atoms with van der Waals surface area (Å²) in [5.41, 5.74) is 0.996. The second-order valence-electron chi connectivity index (χ2n) is 3.30. The van der Waals surface area contributed by atoms with Gasteiger partial charge in [-0.2, -0.15) is 5.06 Å². The van der Waals surface area contributed by atoms with Crippen molar-refractivity contribution in [2.75, 3.05) is 20.8 Å². The number of hydroxylamine groups is 2. The summed E-state index contributed by atoms with van der Waals surface area (Å²) in [6.45, 7) is 0.482. The van der Waals surface area contributed by atoms with E-state index >= 15 is 0 Å². The third kappa shape index (κ3) is 1.42. The summed E-state index contributed by atoms with van der Waals surface area (Å²) in [7, 11) is 3.24. The molecule has 0 aliphatic carbocycles. The Morgan fingerprint density at radius 2 is 2.36 bits per heavy atom. The van der Waals surface area contributed by atoms with Crippen LogP contribution in [-0.4, -0.2) is 31.0 Å². The molecular formula is C10H13NO3. The number of likely N-dealkylation sites (N-methyl/N-ethyl adjacent to an activating group) is 1. The first-order valence-corrected chi connectivity index (χ1v) is 4.45. The fourth-order valence-electron chi connectivity index (χ4n) is 1.61. The zero-order chi connectivity index (χ0) is 10.1. The minimum absolute atomic E-state index is 0.0732. The van der Waals surface area contributed by atoms with E-state index in [1.54, 1.807) is 14.2 Å². The van der Waals surface area contributed by atoms with Crippen LogP contribution < -0.4 is 9.47 Å². The Labute approximate surface area is 82.6 Å². The van der Waals surface area contributed by atoms with Crippen LogP contribution in [-0.2, 0) is 0 Å². The van der Waals surface area contributed by atoms with Crippen molar-refractivity contribution in [3.8, 4) is 11.5 Å². The van der Waals surface area contributed by atoms with Gasteiger partial charge in [-0.3, -0.25) is 0 Å². The Kier molecular flexibility index (Phi) is 2.31. The number of fused-ring (bicyclic) bond motifs is 1. The summed E-state index contributed by atoms with van der Waals surface area (Å²) in [6.07, 6.45) is 0. The Hall–Kier alpha value is -1.26. The molecule has 1 aromatic carbocycles. The predicted octanol–water partition coefficient (Wildman–Crippen LogP) is 1.45. The summed E-state index contributed by atoms with van der Waals surface area (Å²) in [6, 6.07) is 5.54. The van der Waals surface area contributed by atoms with Crippen LogP contribution in [0.25, 0.3) is 0 Å². The number of rotatable bonds is 2. The maximum atomic E-state index is 9.35. The third-order valence-electron chi connectivity index (χ3n) is 2.43. The van der Waals surface area contributed by atoms with Crippen molar-refractivity contribution >= 4 is 0 Å². The highest BCUT2D eigenvalue weighted by Gasteiger charge is 2.27. The van der Waals surface area contributed by atoms with E-state index in [9.17, 15) is 5.21 Å². The van der Waals surface area contributed by atoms with Crippen LogP contribution in [0.1, 0.15) is 11.6 Å². The molecule has 1 atom stereocenters. The van der Waals surface area contributed by atoms with E-state index < -0.39 is 0 Å². The Bertz CT molecular complexity index is 338. The maximum absolute atomic E-state index is 9.35. The van der Waals surface area contributed by atoms with Crippen molar-refractivity contribution < 1.29 is 14.7 Å². The number of methoxy groups -OCH3 is 1. The van der Waals surface area contributed by atoms with Crippen LogP contribution in [0.15, 0.2) is 18.2 Å². The molecule has 1 unspecified atom stereocenters. The summed E-state index contributed by atoms with van der Waals surface area (Å²) in [5.74, 6) is 1.56. The van der Waals surface area contributed by atoms with Crippen LogP contribution in [0.5, 0.6) is 11.5 Å². The third-order valence-corrected chi connectivity index (χ3v) is 2.43. The molecule has 0 bridgehead atoms. The Morgan fingerprint density at radius 3 is 3.00 bits per heavy atom. The van der Waals surface area contributed by atoms with Crippen LogP contribution >= 0.6 is 0 Å². The van der Waals surface area contributed by atoms with E-state index in [1.165, 1.54) is 0 Å². The maximum Gasteiger partial charge on any atom is 0.128 e. The highest BCUT2D eigenvalue weighted by Crippen LogP contribution is 2.37. The molecule has 0 saturated heterocycles. The van der Waals surface area contributed by atoms with Gasteiger partial charge in [-0.05, 0) is 12.1 Å². The number of benzene rings is 1. The van der Waals surface area contributed by atoms with Gasteiger partial charge in [-0.1, -0.05) is 0 Å². The van der Waals surface area contributed by atoms with Crippen molar-refractivity contribution in [3.63, 3.8) is 0 Å². The summed E-state index contributed by atoms with van der Waals surface area (Å²) < 4.78 is 10.5. The second-order valence-corrected chi connectivity index (χ2v) is 3.30. The topological polar surface area (TPSA) is 41.9 Å². The van der Waals surface area contributed by atoms with Gasteiger partial charge in [0.2, 0.25) is 0 Å². The van der Waals surface area contributed by atoms with Gasteiger partial charge >= 0.3 is 0 Å². The Balaban J connectivity index is 2.33.